The number of hydrogen-bond donors (Lipinski definition) is 1. The van der Waals surface area contributed by atoms with Gasteiger partial charge in [0.2, 0.25) is 0 Å². The monoisotopic (exact) mass is 341 g/mol. The van der Waals surface area contributed by atoms with Crippen LogP contribution in [-0.2, 0) is 4.74 Å². The third-order valence-electron chi connectivity index (χ3n) is 3.70. The topological polar surface area (TPSA) is 102 Å². The number of rotatable bonds is 8. The van der Waals surface area contributed by atoms with Gasteiger partial charge in [0.25, 0.3) is 0 Å². The van der Waals surface area contributed by atoms with Crippen molar-refractivity contribution in [3.8, 4) is 5.82 Å². The normalized spacial score (nSPS) is 11.4. The first-order chi connectivity index (χ1) is 12.2. The number of ether oxygens (including phenoxy) is 1. The molecule has 0 radical (unpaired) electrons. The van der Waals surface area contributed by atoms with Crippen molar-refractivity contribution in [2.45, 2.75) is 6.42 Å². The van der Waals surface area contributed by atoms with Gasteiger partial charge in [-0.1, -0.05) is 0 Å². The van der Waals surface area contributed by atoms with E-state index in [0.717, 1.165) is 24.6 Å². The number of carbonyl (C=O) groups excluding carboxylic acids is 1. The van der Waals surface area contributed by atoms with E-state index in [1.54, 1.807) is 24.2 Å². The van der Waals surface area contributed by atoms with Crippen LogP contribution in [0.25, 0.3) is 22.9 Å². The van der Waals surface area contributed by atoms with Crippen LogP contribution >= 0.6 is 0 Å². The third kappa shape index (κ3) is 3.72. The van der Waals surface area contributed by atoms with Crippen LogP contribution in [0.5, 0.6) is 0 Å². The Morgan fingerprint density at radius 3 is 3.08 bits per heavy atom. The van der Waals surface area contributed by atoms with Gasteiger partial charge in [0, 0.05) is 39.1 Å². The van der Waals surface area contributed by atoms with Crippen LogP contribution in [0.4, 0.5) is 0 Å². The number of methoxy groups -OCH3 is 1. The molecule has 3 aromatic heterocycles. The van der Waals surface area contributed by atoms with E-state index < -0.39 is 0 Å². The summed E-state index contributed by atoms with van der Waals surface area (Å²) in [6, 6.07) is 0. The molecule has 0 aromatic carbocycles. The van der Waals surface area contributed by atoms with Gasteiger partial charge in [-0.25, -0.2) is 14.6 Å². The number of hydrogen-bond acceptors (Lipinski definition) is 7. The largest absolute Gasteiger partial charge is 0.385 e. The Kier molecular flexibility index (Phi) is 5.14. The molecule has 0 unspecified atom stereocenters. The van der Waals surface area contributed by atoms with E-state index in [0.29, 0.717) is 29.3 Å². The highest BCUT2D eigenvalue weighted by atomic mass is 16.5. The van der Waals surface area contributed by atoms with Crippen molar-refractivity contribution in [3.63, 3.8) is 0 Å². The molecule has 1 N–H and O–H groups in total. The number of aromatic amines is 1. The highest BCUT2D eigenvalue weighted by Gasteiger charge is 2.12. The molecule has 130 valence electrons. The predicted octanol–water partition coefficient (Wildman–Crippen LogP) is 1.29. The average molecular weight is 341 g/mol. The van der Waals surface area contributed by atoms with Gasteiger partial charge in [-0.2, -0.15) is 10.2 Å². The van der Waals surface area contributed by atoms with Crippen molar-refractivity contribution < 1.29 is 9.53 Å². The standard InChI is InChI=1S/C16H19N7O2/c1-22(5-3-7-25-2)6-4-12-9-23(21-14(12)10-24)16-13-8-19-20-15(13)17-11-18-16/h4,6,8-11H,3,5,7H2,1-2H3,(H,17,18,19,20)/b6-4-. The van der Waals surface area contributed by atoms with Crippen LogP contribution in [0.15, 0.2) is 24.9 Å². The molecule has 0 fully saturated rings. The van der Waals surface area contributed by atoms with Crippen LogP contribution in [0.3, 0.4) is 0 Å². The first-order valence-electron chi connectivity index (χ1n) is 7.79. The maximum atomic E-state index is 11.3. The number of nitrogens with one attached hydrogen (secondary N) is 1. The summed E-state index contributed by atoms with van der Waals surface area (Å²) in [5, 5.41) is 11.8. The lowest BCUT2D eigenvalue weighted by atomic mass is 10.2. The zero-order valence-electron chi connectivity index (χ0n) is 14.1. The number of aromatic nitrogens is 6. The number of carbonyl (C=O) groups is 1. The molecule has 25 heavy (non-hydrogen) atoms. The molecular weight excluding hydrogens is 322 g/mol. The molecule has 0 aliphatic rings. The number of H-pyrrole nitrogens is 1. The van der Waals surface area contributed by atoms with E-state index in [1.807, 2.05) is 24.2 Å². The Morgan fingerprint density at radius 1 is 1.40 bits per heavy atom. The molecule has 0 aliphatic carbocycles. The lowest BCUT2D eigenvalue weighted by Gasteiger charge is -2.12. The number of aldehydes is 1. The lowest BCUT2D eigenvalue weighted by Crippen LogP contribution is -2.13. The SMILES string of the molecule is COCCCN(C)/C=C\c1cn(-c2ncnc3[nH]ncc23)nc1C=O. The van der Waals surface area contributed by atoms with E-state index in [2.05, 4.69) is 25.3 Å². The van der Waals surface area contributed by atoms with Crippen LogP contribution in [-0.4, -0.2) is 68.4 Å². The number of fused-ring (bicyclic) bond motifs is 1. The minimum Gasteiger partial charge on any atom is -0.385 e. The van der Waals surface area contributed by atoms with E-state index >= 15 is 0 Å². The summed E-state index contributed by atoms with van der Waals surface area (Å²) in [6.45, 7) is 1.57. The zero-order chi connectivity index (χ0) is 17.6. The van der Waals surface area contributed by atoms with Crippen molar-refractivity contribution >= 4 is 23.4 Å². The minimum atomic E-state index is 0.344. The van der Waals surface area contributed by atoms with Crippen LogP contribution in [0.1, 0.15) is 22.5 Å². The Morgan fingerprint density at radius 2 is 2.28 bits per heavy atom. The minimum absolute atomic E-state index is 0.344. The zero-order valence-corrected chi connectivity index (χ0v) is 14.1. The van der Waals surface area contributed by atoms with E-state index in [4.69, 9.17) is 4.74 Å². The van der Waals surface area contributed by atoms with Crippen molar-refractivity contribution in [2.75, 3.05) is 27.3 Å². The van der Waals surface area contributed by atoms with Crippen LogP contribution in [0.2, 0.25) is 0 Å². The Bertz CT molecular complexity index is 884. The summed E-state index contributed by atoms with van der Waals surface area (Å²) < 4.78 is 6.61. The Hall–Kier alpha value is -3.07. The molecule has 9 nitrogen and oxygen atoms in total. The van der Waals surface area contributed by atoms with E-state index in [1.165, 1.54) is 6.33 Å². The van der Waals surface area contributed by atoms with E-state index in [9.17, 15) is 4.79 Å². The maximum absolute atomic E-state index is 11.3. The van der Waals surface area contributed by atoms with Gasteiger partial charge < -0.3 is 9.64 Å². The first kappa shape index (κ1) is 16.8. The fourth-order valence-electron chi connectivity index (χ4n) is 2.40. The predicted molar refractivity (Wildman–Crippen MR) is 92.4 cm³/mol. The lowest BCUT2D eigenvalue weighted by molar-refractivity contribution is 0.111. The van der Waals surface area contributed by atoms with Crippen LogP contribution in [0, 0.1) is 0 Å². The highest BCUT2D eigenvalue weighted by Crippen LogP contribution is 2.17. The molecule has 0 spiro atoms. The van der Waals surface area contributed by atoms with Gasteiger partial charge in [0.1, 0.15) is 12.0 Å². The van der Waals surface area contributed by atoms with Gasteiger partial charge >= 0.3 is 0 Å². The van der Waals surface area contributed by atoms with Gasteiger partial charge in [0.15, 0.2) is 17.8 Å². The summed E-state index contributed by atoms with van der Waals surface area (Å²) in [7, 11) is 3.65. The molecule has 0 bridgehead atoms. The van der Waals surface area contributed by atoms with Gasteiger partial charge in [-0.3, -0.25) is 9.89 Å². The first-order valence-corrected chi connectivity index (χ1v) is 7.79. The molecule has 0 aliphatic heterocycles. The third-order valence-corrected chi connectivity index (χ3v) is 3.70. The summed E-state index contributed by atoms with van der Waals surface area (Å²) >= 11 is 0. The van der Waals surface area contributed by atoms with Crippen molar-refractivity contribution in [1.29, 1.82) is 0 Å². The second-order valence-corrected chi connectivity index (χ2v) is 5.50. The smallest absolute Gasteiger partial charge is 0.170 e. The molecule has 0 saturated heterocycles. The molecule has 0 atom stereocenters. The molecule has 0 amide bonds. The molecule has 3 heterocycles. The molecule has 3 aromatic rings. The molecule has 3 rings (SSSR count). The van der Waals surface area contributed by atoms with Crippen molar-refractivity contribution in [2.24, 2.45) is 0 Å². The molecule has 0 saturated carbocycles. The second-order valence-electron chi connectivity index (χ2n) is 5.50. The maximum Gasteiger partial charge on any atom is 0.170 e. The Balaban J connectivity index is 1.85. The summed E-state index contributed by atoms with van der Waals surface area (Å²) in [5.41, 5.74) is 1.67. The average Bonchev–Trinajstić information content (AvgIpc) is 3.26. The fraction of sp³-hybridized carbons (Fsp3) is 0.312. The summed E-state index contributed by atoms with van der Waals surface area (Å²) in [5.74, 6) is 0.565. The Labute approximate surface area is 144 Å². The second kappa shape index (κ2) is 7.67. The van der Waals surface area contributed by atoms with Gasteiger partial charge in [0.05, 0.1) is 11.6 Å². The van der Waals surface area contributed by atoms with Crippen LogP contribution < -0.4 is 0 Å². The quantitative estimate of drug-likeness (QED) is 0.486. The van der Waals surface area contributed by atoms with Crippen molar-refractivity contribution in [1.82, 2.24) is 34.8 Å². The highest BCUT2D eigenvalue weighted by molar-refractivity contribution is 5.82. The summed E-state index contributed by atoms with van der Waals surface area (Å²) in [6.07, 6.45) is 10.2. The van der Waals surface area contributed by atoms with Gasteiger partial charge in [-0.05, 0) is 18.7 Å². The van der Waals surface area contributed by atoms with Gasteiger partial charge in [-0.15, -0.1) is 0 Å². The van der Waals surface area contributed by atoms with E-state index in [-0.39, 0.29) is 0 Å². The summed E-state index contributed by atoms with van der Waals surface area (Å²) in [4.78, 5) is 21.7. The number of nitrogens with zero attached hydrogens (tertiary/aromatic N) is 6. The van der Waals surface area contributed by atoms with Crippen molar-refractivity contribution in [3.05, 3.63) is 36.2 Å². The fourth-order valence-corrected chi connectivity index (χ4v) is 2.40. The molecule has 9 heteroatoms. The molecular formula is C16H19N7O2.